The molecular weight excluding hydrogens is 398 g/mol. The number of carbonyl (C=O) groups excluding carboxylic acids is 1. The Balaban J connectivity index is 1.20. The van der Waals surface area contributed by atoms with E-state index >= 15 is 0 Å². The van der Waals surface area contributed by atoms with Crippen molar-refractivity contribution >= 4 is 5.91 Å². The van der Waals surface area contributed by atoms with Crippen molar-refractivity contribution in [3.8, 4) is 0 Å². The molecule has 0 radical (unpaired) electrons. The Morgan fingerprint density at radius 3 is 2.16 bits per heavy atom. The van der Waals surface area contributed by atoms with Crippen molar-refractivity contribution in [2.24, 2.45) is 29.6 Å². The molecule has 4 fully saturated rings. The molecule has 182 valence electrons. The first-order chi connectivity index (χ1) is 15.5. The summed E-state index contributed by atoms with van der Waals surface area (Å²) in [7, 11) is 0. The van der Waals surface area contributed by atoms with Crippen LogP contribution in [0.2, 0.25) is 0 Å². The van der Waals surface area contributed by atoms with Crippen molar-refractivity contribution in [1.82, 2.24) is 5.32 Å². The lowest BCUT2D eigenvalue weighted by Crippen LogP contribution is -2.45. The van der Waals surface area contributed by atoms with Crippen molar-refractivity contribution in [1.29, 1.82) is 0 Å². The van der Waals surface area contributed by atoms with E-state index in [0.29, 0.717) is 12.8 Å². The Kier molecular flexibility index (Phi) is 10.8. The molecule has 0 aliphatic heterocycles. The fourth-order valence-corrected chi connectivity index (χ4v) is 6.71. The fourth-order valence-electron chi connectivity index (χ4n) is 6.71. The number of hydrogen-bond donors (Lipinski definition) is 3. The number of rotatable bonds is 15. The molecular formula is C28H47NO3. The Bertz CT molecular complexity index is 586. The molecule has 0 aromatic rings. The maximum Gasteiger partial charge on any atom is 0.219 e. The van der Waals surface area contributed by atoms with Crippen LogP contribution in [0.25, 0.3) is 0 Å². The SMILES string of the molecule is CCCCNC(=O)CCCCC(O)C=CCCC=CC(O)CC1C2CC3CC(C2)CC1C3. The third-order valence-electron chi connectivity index (χ3n) is 8.16. The summed E-state index contributed by atoms with van der Waals surface area (Å²) in [6.07, 6.45) is 22.3. The number of hydrogen-bond acceptors (Lipinski definition) is 3. The molecule has 32 heavy (non-hydrogen) atoms. The van der Waals surface area contributed by atoms with Crippen LogP contribution in [0.15, 0.2) is 24.3 Å². The molecule has 2 unspecified atom stereocenters. The Hall–Kier alpha value is -1.13. The first kappa shape index (κ1) is 25.5. The highest BCUT2D eigenvalue weighted by Gasteiger charge is 2.48. The molecule has 0 spiro atoms. The lowest BCUT2D eigenvalue weighted by molar-refractivity contribution is -0.121. The molecule has 2 atom stereocenters. The number of nitrogens with one attached hydrogen (secondary N) is 1. The summed E-state index contributed by atoms with van der Waals surface area (Å²) in [6.45, 7) is 2.89. The summed E-state index contributed by atoms with van der Waals surface area (Å²) in [5.41, 5.74) is 0. The second-order valence-electron chi connectivity index (χ2n) is 10.8. The van der Waals surface area contributed by atoms with E-state index in [4.69, 9.17) is 0 Å². The fraction of sp³-hybridized carbons (Fsp3) is 0.821. The molecule has 1 amide bonds. The van der Waals surface area contributed by atoms with Gasteiger partial charge in [-0.1, -0.05) is 44.1 Å². The van der Waals surface area contributed by atoms with Crippen LogP contribution in [0.1, 0.15) is 96.8 Å². The summed E-state index contributed by atoms with van der Waals surface area (Å²) in [4.78, 5) is 11.6. The number of aliphatic hydroxyl groups is 2. The lowest BCUT2D eigenvalue weighted by atomic mass is 9.51. The summed E-state index contributed by atoms with van der Waals surface area (Å²) in [6, 6.07) is 0. The Morgan fingerprint density at radius 2 is 1.53 bits per heavy atom. The number of allylic oxidation sites excluding steroid dienone is 2. The molecule has 4 rings (SSSR count). The predicted octanol–water partition coefficient (Wildman–Crippen LogP) is 5.54. The summed E-state index contributed by atoms with van der Waals surface area (Å²) >= 11 is 0. The standard InChI is InChI=1S/C28H47NO3/c1-2-3-14-29-28(32)13-9-8-11-25(30)10-6-4-5-7-12-26(31)20-27-23-16-21-15-22(18-23)19-24(27)17-21/h6-7,10,12,21-27,30-31H,2-5,8-9,11,13-20H2,1H3,(H,29,32). The zero-order valence-electron chi connectivity index (χ0n) is 20.3. The maximum absolute atomic E-state index is 11.6. The average Bonchev–Trinajstić information content (AvgIpc) is 2.76. The highest BCUT2D eigenvalue weighted by molar-refractivity contribution is 5.75. The smallest absolute Gasteiger partial charge is 0.219 e. The topological polar surface area (TPSA) is 69.6 Å². The molecule has 4 heteroatoms. The summed E-state index contributed by atoms with van der Waals surface area (Å²) in [5, 5.41) is 23.5. The van der Waals surface area contributed by atoms with Gasteiger partial charge in [0.1, 0.15) is 0 Å². The second kappa shape index (κ2) is 13.5. The van der Waals surface area contributed by atoms with Gasteiger partial charge in [0.05, 0.1) is 12.2 Å². The van der Waals surface area contributed by atoms with Crippen molar-refractivity contribution in [3.63, 3.8) is 0 Å². The van der Waals surface area contributed by atoms with E-state index < -0.39 is 6.10 Å². The van der Waals surface area contributed by atoms with E-state index in [1.807, 2.05) is 18.2 Å². The average molecular weight is 446 g/mol. The Morgan fingerprint density at radius 1 is 0.906 bits per heavy atom. The van der Waals surface area contributed by atoms with Crippen LogP contribution < -0.4 is 5.32 Å². The summed E-state index contributed by atoms with van der Waals surface area (Å²) in [5.74, 6) is 4.64. The quantitative estimate of drug-likeness (QED) is 0.229. The van der Waals surface area contributed by atoms with Crippen LogP contribution >= 0.6 is 0 Å². The number of unbranched alkanes of at least 4 members (excludes halogenated alkanes) is 3. The van der Waals surface area contributed by atoms with Crippen LogP contribution in [-0.2, 0) is 4.79 Å². The molecule has 4 aliphatic rings. The van der Waals surface area contributed by atoms with Crippen molar-refractivity contribution in [3.05, 3.63) is 24.3 Å². The van der Waals surface area contributed by atoms with Gasteiger partial charge in [0.25, 0.3) is 0 Å². The van der Waals surface area contributed by atoms with E-state index in [9.17, 15) is 15.0 Å². The maximum atomic E-state index is 11.6. The second-order valence-corrected chi connectivity index (χ2v) is 10.8. The van der Waals surface area contributed by atoms with E-state index in [-0.39, 0.29) is 12.0 Å². The van der Waals surface area contributed by atoms with Gasteiger partial charge in [-0.2, -0.15) is 0 Å². The van der Waals surface area contributed by atoms with Crippen molar-refractivity contribution in [2.45, 2.75) is 109 Å². The summed E-state index contributed by atoms with van der Waals surface area (Å²) < 4.78 is 0. The minimum absolute atomic E-state index is 0.126. The predicted molar refractivity (Wildman–Crippen MR) is 131 cm³/mol. The zero-order chi connectivity index (χ0) is 22.8. The molecule has 4 saturated carbocycles. The molecule has 0 heterocycles. The van der Waals surface area contributed by atoms with Gasteiger partial charge in [-0.3, -0.25) is 4.79 Å². The minimum Gasteiger partial charge on any atom is -0.389 e. The largest absolute Gasteiger partial charge is 0.389 e. The van der Waals surface area contributed by atoms with Gasteiger partial charge in [-0.15, -0.1) is 0 Å². The van der Waals surface area contributed by atoms with E-state index in [2.05, 4.69) is 18.3 Å². The zero-order valence-corrected chi connectivity index (χ0v) is 20.3. The Labute approximate surface area is 195 Å². The molecule has 3 N–H and O–H groups in total. The van der Waals surface area contributed by atoms with Gasteiger partial charge >= 0.3 is 0 Å². The van der Waals surface area contributed by atoms with Gasteiger partial charge in [0, 0.05) is 13.0 Å². The molecule has 4 aliphatic carbocycles. The van der Waals surface area contributed by atoms with E-state index in [1.54, 1.807) is 0 Å². The van der Waals surface area contributed by atoms with Crippen molar-refractivity contribution in [2.75, 3.05) is 6.54 Å². The third-order valence-corrected chi connectivity index (χ3v) is 8.16. The molecule has 0 aromatic heterocycles. The van der Waals surface area contributed by atoms with Crippen LogP contribution in [0.3, 0.4) is 0 Å². The van der Waals surface area contributed by atoms with Gasteiger partial charge < -0.3 is 15.5 Å². The van der Waals surface area contributed by atoms with E-state index in [1.165, 1.54) is 32.1 Å². The van der Waals surface area contributed by atoms with Crippen molar-refractivity contribution < 1.29 is 15.0 Å². The van der Waals surface area contributed by atoms with Crippen LogP contribution in [0, 0.1) is 29.6 Å². The molecule has 0 saturated heterocycles. The highest BCUT2D eigenvalue weighted by Crippen LogP contribution is 2.57. The normalized spacial score (nSPS) is 30.9. The molecule has 0 aromatic carbocycles. The van der Waals surface area contributed by atoms with Gasteiger partial charge in [-0.25, -0.2) is 0 Å². The first-order valence-electron chi connectivity index (χ1n) is 13.5. The van der Waals surface area contributed by atoms with Gasteiger partial charge in [0.2, 0.25) is 5.91 Å². The highest BCUT2D eigenvalue weighted by atomic mass is 16.3. The minimum atomic E-state index is -0.426. The first-order valence-corrected chi connectivity index (χ1v) is 13.5. The third kappa shape index (κ3) is 8.33. The van der Waals surface area contributed by atoms with Gasteiger partial charge in [0.15, 0.2) is 0 Å². The molecule has 4 bridgehead atoms. The van der Waals surface area contributed by atoms with Crippen LogP contribution in [0.5, 0.6) is 0 Å². The van der Waals surface area contributed by atoms with Crippen LogP contribution in [0.4, 0.5) is 0 Å². The monoisotopic (exact) mass is 445 g/mol. The number of amides is 1. The number of carbonyl (C=O) groups is 1. The van der Waals surface area contributed by atoms with Gasteiger partial charge in [-0.05, 0) is 100 Å². The van der Waals surface area contributed by atoms with E-state index in [0.717, 1.165) is 81.1 Å². The molecule has 4 nitrogen and oxygen atoms in total. The van der Waals surface area contributed by atoms with Crippen LogP contribution in [-0.4, -0.2) is 34.9 Å². The number of aliphatic hydroxyl groups excluding tert-OH is 2. The lowest BCUT2D eigenvalue weighted by Gasteiger charge is -2.54.